The van der Waals surface area contributed by atoms with E-state index in [2.05, 4.69) is 46.3 Å². The molecule has 0 radical (unpaired) electrons. The molecule has 1 aliphatic rings. The highest BCUT2D eigenvalue weighted by Gasteiger charge is 2.19. The van der Waals surface area contributed by atoms with Gasteiger partial charge in [0.15, 0.2) is 10.9 Å². The molecule has 1 fully saturated rings. The smallest absolute Gasteiger partial charge is 0.173 e. The summed E-state index contributed by atoms with van der Waals surface area (Å²) >= 11 is 5.56. The topological polar surface area (TPSA) is 35.6 Å². The number of Topliss-reactive ketones (excluding diaryl/α,β-unsaturated/α-hetero) is 1. The molecular weight excluding hydrogens is 342 g/mol. The first kappa shape index (κ1) is 18.5. The van der Waals surface area contributed by atoms with Crippen LogP contribution in [0, 0.1) is 6.92 Å². The maximum Gasteiger partial charge on any atom is 0.173 e. The molecule has 5 heteroatoms. The Morgan fingerprint density at radius 1 is 1.08 bits per heavy atom. The van der Waals surface area contributed by atoms with Crippen LogP contribution < -0.4 is 5.32 Å². The summed E-state index contributed by atoms with van der Waals surface area (Å²) in [6, 6.07) is 16.2. The van der Waals surface area contributed by atoms with E-state index in [-0.39, 0.29) is 5.78 Å². The van der Waals surface area contributed by atoms with Crippen molar-refractivity contribution in [1.29, 1.82) is 0 Å². The summed E-state index contributed by atoms with van der Waals surface area (Å²) in [4.78, 5) is 16.2. The van der Waals surface area contributed by atoms with Crippen LogP contribution >= 0.6 is 12.2 Å². The second-order valence-electron chi connectivity index (χ2n) is 6.82. The van der Waals surface area contributed by atoms with E-state index in [4.69, 9.17) is 12.2 Å². The summed E-state index contributed by atoms with van der Waals surface area (Å²) in [5, 5.41) is 3.99. The molecule has 0 atom stereocenters. The standard InChI is InChI=1S/C21H25N3OS/c1-16-6-8-18(9-7-16)15-23-10-12-24(13-11-23)21(26)22-20-5-3-4-19(14-20)17(2)25/h3-9,14H,10-13,15H2,1-2H3,(H,22,26). The number of hydrogen-bond acceptors (Lipinski definition) is 3. The average molecular weight is 368 g/mol. The Balaban J connectivity index is 1.51. The highest BCUT2D eigenvalue weighted by molar-refractivity contribution is 7.80. The zero-order chi connectivity index (χ0) is 18.5. The van der Waals surface area contributed by atoms with Crippen LogP contribution in [-0.4, -0.2) is 46.9 Å². The van der Waals surface area contributed by atoms with Crippen LogP contribution in [0.1, 0.15) is 28.4 Å². The van der Waals surface area contributed by atoms with E-state index in [1.807, 2.05) is 24.3 Å². The molecule has 136 valence electrons. The Morgan fingerprint density at radius 2 is 1.77 bits per heavy atom. The molecule has 1 aliphatic heterocycles. The van der Waals surface area contributed by atoms with Gasteiger partial charge in [-0.3, -0.25) is 9.69 Å². The van der Waals surface area contributed by atoms with Gasteiger partial charge in [0.1, 0.15) is 0 Å². The van der Waals surface area contributed by atoms with Gasteiger partial charge >= 0.3 is 0 Å². The number of piperazine rings is 1. The van der Waals surface area contributed by atoms with Gasteiger partial charge < -0.3 is 10.2 Å². The van der Waals surface area contributed by atoms with Gasteiger partial charge in [0.25, 0.3) is 0 Å². The lowest BCUT2D eigenvalue weighted by Gasteiger charge is -2.36. The molecule has 4 nitrogen and oxygen atoms in total. The molecule has 0 unspecified atom stereocenters. The van der Waals surface area contributed by atoms with Crippen molar-refractivity contribution in [2.24, 2.45) is 0 Å². The minimum Gasteiger partial charge on any atom is -0.346 e. The number of rotatable bonds is 4. The van der Waals surface area contributed by atoms with E-state index in [1.54, 1.807) is 6.92 Å². The summed E-state index contributed by atoms with van der Waals surface area (Å²) in [6.07, 6.45) is 0. The predicted molar refractivity (Wildman–Crippen MR) is 111 cm³/mol. The van der Waals surface area contributed by atoms with Crippen LogP contribution in [0.15, 0.2) is 48.5 Å². The van der Waals surface area contributed by atoms with Gasteiger partial charge in [-0.05, 0) is 43.8 Å². The molecule has 1 heterocycles. The quantitative estimate of drug-likeness (QED) is 0.658. The summed E-state index contributed by atoms with van der Waals surface area (Å²) < 4.78 is 0. The maximum absolute atomic E-state index is 11.5. The Labute approximate surface area is 160 Å². The van der Waals surface area contributed by atoms with Crippen molar-refractivity contribution < 1.29 is 4.79 Å². The fourth-order valence-electron chi connectivity index (χ4n) is 3.08. The molecule has 2 aromatic rings. The number of benzene rings is 2. The molecular formula is C21H25N3OS. The van der Waals surface area contributed by atoms with Crippen molar-refractivity contribution in [3.8, 4) is 0 Å². The SMILES string of the molecule is CC(=O)c1cccc(NC(=S)N2CCN(Cc3ccc(C)cc3)CC2)c1. The first-order valence-corrected chi connectivity index (χ1v) is 9.37. The molecule has 26 heavy (non-hydrogen) atoms. The van der Waals surface area contributed by atoms with Gasteiger partial charge in [0.05, 0.1) is 0 Å². The van der Waals surface area contributed by atoms with E-state index in [0.29, 0.717) is 5.56 Å². The van der Waals surface area contributed by atoms with Gasteiger partial charge in [-0.2, -0.15) is 0 Å². The predicted octanol–water partition coefficient (Wildman–Crippen LogP) is 3.71. The Morgan fingerprint density at radius 3 is 2.42 bits per heavy atom. The molecule has 0 aromatic heterocycles. The molecule has 1 saturated heterocycles. The second-order valence-corrected chi connectivity index (χ2v) is 7.20. The highest BCUT2D eigenvalue weighted by atomic mass is 32.1. The fourth-order valence-corrected chi connectivity index (χ4v) is 3.38. The van der Waals surface area contributed by atoms with E-state index >= 15 is 0 Å². The largest absolute Gasteiger partial charge is 0.346 e. The van der Waals surface area contributed by atoms with Crippen molar-refractivity contribution >= 4 is 28.8 Å². The molecule has 1 N–H and O–H groups in total. The lowest BCUT2D eigenvalue weighted by molar-refractivity contribution is 0.101. The zero-order valence-electron chi connectivity index (χ0n) is 15.4. The number of nitrogens with zero attached hydrogens (tertiary/aromatic N) is 2. The Kier molecular flexibility index (Phi) is 6.01. The first-order valence-electron chi connectivity index (χ1n) is 8.96. The van der Waals surface area contributed by atoms with Crippen LogP contribution in [-0.2, 0) is 6.54 Å². The van der Waals surface area contributed by atoms with Gasteiger partial charge in [-0.25, -0.2) is 0 Å². The van der Waals surface area contributed by atoms with E-state index in [1.165, 1.54) is 11.1 Å². The minimum atomic E-state index is 0.0595. The molecule has 0 bridgehead atoms. The molecule has 0 aliphatic carbocycles. The van der Waals surface area contributed by atoms with Crippen molar-refractivity contribution in [3.05, 3.63) is 65.2 Å². The molecule has 0 saturated carbocycles. The second kappa shape index (κ2) is 8.43. The van der Waals surface area contributed by atoms with E-state index < -0.39 is 0 Å². The first-order chi connectivity index (χ1) is 12.5. The maximum atomic E-state index is 11.5. The third kappa shape index (κ3) is 4.90. The summed E-state index contributed by atoms with van der Waals surface area (Å²) in [6.45, 7) is 8.46. The van der Waals surface area contributed by atoms with E-state index in [0.717, 1.165) is 43.5 Å². The van der Waals surface area contributed by atoms with Crippen molar-refractivity contribution in [3.63, 3.8) is 0 Å². The van der Waals surface area contributed by atoms with Crippen LogP contribution in [0.5, 0.6) is 0 Å². The number of anilines is 1. The van der Waals surface area contributed by atoms with Crippen LogP contribution in [0.2, 0.25) is 0 Å². The lowest BCUT2D eigenvalue weighted by atomic mass is 10.1. The molecule has 0 amide bonds. The zero-order valence-corrected chi connectivity index (χ0v) is 16.2. The normalized spacial score (nSPS) is 14.9. The van der Waals surface area contributed by atoms with Gasteiger partial charge in [-0.15, -0.1) is 0 Å². The molecule has 2 aromatic carbocycles. The van der Waals surface area contributed by atoms with Crippen LogP contribution in [0.4, 0.5) is 5.69 Å². The van der Waals surface area contributed by atoms with Crippen molar-refractivity contribution in [2.75, 3.05) is 31.5 Å². The van der Waals surface area contributed by atoms with Gasteiger partial charge in [-0.1, -0.05) is 42.0 Å². The number of carbonyl (C=O) groups is 1. The monoisotopic (exact) mass is 367 g/mol. The van der Waals surface area contributed by atoms with Gasteiger partial charge in [0, 0.05) is 44.0 Å². The summed E-state index contributed by atoms with van der Waals surface area (Å²) in [5.74, 6) is 0.0595. The molecule has 0 spiro atoms. The minimum absolute atomic E-state index is 0.0595. The number of nitrogens with one attached hydrogen (secondary N) is 1. The van der Waals surface area contributed by atoms with Crippen LogP contribution in [0.3, 0.4) is 0 Å². The third-order valence-electron chi connectivity index (χ3n) is 4.71. The number of aryl methyl sites for hydroxylation is 1. The highest BCUT2D eigenvalue weighted by Crippen LogP contribution is 2.14. The number of ketones is 1. The van der Waals surface area contributed by atoms with Crippen molar-refractivity contribution in [2.45, 2.75) is 20.4 Å². The number of hydrogen-bond donors (Lipinski definition) is 1. The third-order valence-corrected chi connectivity index (χ3v) is 5.07. The summed E-state index contributed by atoms with van der Waals surface area (Å²) in [7, 11) is 0. The lowest BCUT2D eigenvalue weighted by Crippen LogP contribution is -2.49. The Bertz CT molecular complexity index is 780. The van der Waals surface area contributed by atoms with Crippen LogP contribution in [0.25, 0.3) is 0 Å². The molecule has 3 rings (SSSR count). The van der Waals surface area contributed by atoms with E-state index in [9.17, 15) is 4.79 Å². The van der Waals surface area contributed by atoms with Gasteiger partial charge in [0.2, 0.25) is 0 Å². The Hall–Kier alpha value is -2.24. The number of thiocarbonyl (C=S) groups is 1. The summed E-state index contributed by atoms with van der Waals surface area (Å²) in [5.41, 5.74) is 4.21. The fraction of sp³-hybridized carbons (Fsp3) is 0.333. The average Bonchev–Trinajstić information content (AvgIpc) is 2.64. The van der Waals surface area contributed by atoms with Crippen molar-refractivity contribution in [1.82, 2.24) is 9.80 Å². The number of carbonyl (C=O) groups excluding carboxylic acids is 1.